The molecule has 46 heavy (non-hydrogen) atoms. The Morgan fingerprint density at radius 2 is 1.43 bits per heavy atom. The summed E-state index contributed by atoms with van der Waals surface area (Å²) < 4.78 is 29.7. The maximum absolute atomic E-state index is 14.6. The number of benzene rings is 4. The Hall–Kier alpha value is -4.43. The van der Waals surface area contributed by atoms with E-state index in [1.54, 1.807) is 41.3 Å². The fourth-order valence-electron chi connectivity index (χ4n) is 5.28. The van der Waals surface area contributed by atoms with Crippen molar-refractivity contribution >= 4 is 27.5 Å². The van der Waals surface area contributed by atoms with Crippen LogP contribution in [0.4, 0.5) is 5.69 Å². The van der Waals surface area contributed by atoms with E-state index in [2.05, 4.69) is 19.2 Å². The Morgan fingerprint density at radius 3 is 2.04 bits per heavy atom. The summed E-state index contributed by atoms with van der Waals surface area (Å²) in [4.78, 5) is 30.0. The number of nitrogens with zero attached hydrogens (tertiary/aromatic N) is 2. The third kappa shape index (κ3) is 8.63. The summed E-state index contributed by atoms with van der Waals surface area (Å²) in [5.41, 5.74) is 5.11. The molecule has 0 saturated carbocycles. The van der Waals surface area contributed by atoms with Gasteiger partial charge in [0.15, 0.2) is 0 Å². The van der Waals surface area contributed by atoms with Crippen molar-refractivity contribution in [1.82, 2.24) is 10.2 Å². The molecule has 4 aromatic rings. The lowest BCUT2D eigenvalue weighted by molar-refractivity contribution is -0.140. The monoisotopic (exact) mass is 639 g/mol. The summed E-state index contributed by atoms with van der Waals surface area (Å²) in [7, 11) is -4.15. The summed E-state index contributed by atoms with van der Waals surface area (Å²) in [6.07, 6.45) is 1.02. The van der Waals surface area contributed by atoms with Crippen molar-refractivity contribution in [3.63, 3.8) is 0 Å². The molecule has 8 heteroatoms. The molecule has 0 radical (unpaired) electrons. The Labute approximate surface area is 274 Å². The molecule has 0 aliphatic rings. The van der Waals surface area contributed by atoms with Crippen LogP contribution in [-0.4, -0.2) is 44.3 Å². The van der Waals surface area contributed by atoms with E-state index in [-0.39, 0.29) is 29.7 Å². The average molecular weight is 640 g/mol. The SMILES string of the molecule is CCCNC(=O)[C@@H](Cc1ccccc1)N(Cc1ccccc1C)C(=O)CN(c1ccc(C(C)C)cc1)S(=O)(=O)c1ccc(C)cc1. The molecule has 0 fully saturated rings. The van der Waals surface area contributed by atoms with Crippen LogP contribution < -0.4 is 9.62 Å². The first-order valence-corrected chi connectivity index (χ1v) is 17.3. The van der Waals surface area contributed by atoms with Crippen molar-refractivity contribution in [3.8, 4) is 0 Å². The quantitative estimate of drug-likeness (QED) is 0.165. The van der Waals surface area contributed by atoms with E-state index in [1.165, 1.54) is 4.31 Å². The topological polar surface area (TPSA) is 86.8 Å². The number of nitrogens with one attached hydrogen (secondary N) is 1. The third-order valence-electron chi connectivity index (χ3n) is 8.16. The van der Waals surface area contributed by atoms with Gasteiger partial charge in [0.25, 0.3) is 10.0 Å². The highest BCUT2D eigenvalue weighted by Crippen LogP contribution is 2.27. The van der Waals surface area contributed by atoms with Gasteiger partial charge in [0.2, 0.25) is 11.8 Å². The molecule has 1 N–H and O–H groups in total. The molecule has 0 spiro atoms. The molecule has 4 aromatic carbocycles. The molecule has 1 atom stereocenters. The maximum atomic E-state index is 14.6. The molecule has 0 unspecified atom stereocenters. The zero-order valence-corrected chi connectivity index (χ0v) is 28.3. The highest BCUT2D eigenvalue weighted by Gasteiger charge is 2.34. The molecule has 0 aromatic heterocycles. The van der Waals surface area contributed by atoms with Gasteiger partial charge in [-0.25, -0.2) is 8.42 Å². The number of carbonyl (C=O) groups excluding carboxylic acids is 2. The van der Waals surface area contributed by atoms with Crippen molar-refractivity contribution in [1.29, 1.82) is 0 Å². The lowest BCUT2D eigenvalue weighted by Crippen LogP contribution is -2.53. The molecule has 242 valence electrons. The van der Waals surface area contributed by atoms with Crippen molar-refractivity contribution < 1.29 is 18.0 Å². The van der Waals surface area contributed by atoms with Crippen molar-refractivity contribution in [2.24, 2.45) is 0 Å². The zero-order chi connectivity index (χ0) is 33.3. The highest BCUT2D eigenvalue weighted by molar-refractivity contribution is 7.92. The number of sulfonamides is 1. The van der Waals surface area contributed by atoms with Gasteiger partial charge in [-0.15, -0.1) is 0 Å². The predicted molar refractivity (Wildman–Crippen MR) is 185 cm³/mol. The van der Waals surface area contributed by atoms with Crippen molar-refractivity contribution in [2.45, 2.75) is 70.9 Å². The predicted octanol–water partition coefficient (Wildman–Crippen LogP) is 6.79. The second-order valence-corrected chi connectivity index (χ2v) is 13.9. The molecule has 4 rings (SSSR count). The van der Waals surface area contributed by atoms with Gasteiger partial charge in [0.1, 0.15) is 12.6 Å². The minimum atomic E-state index is -4.15. The minimum absolute atomic E-state index is 0.0887. The van der Waals surface area contributed by atoms with E-state index in [0.29, 0.717) is 12.2 Å². The number of carbonyl (C=O) groups is 2. The lowest BCUT2D eigenvalue weighted by atomic mass is 10.0. The van der Waals surface area contributed by atoms with Gasteiger partial charge in [-0.05, 0) is 72.7 Å². The van der Waals surface area contributed by atoms with Crippen LogP contribution in [0.2, 0.25) is 0 Å². The first-order chi connectivity index (χ1) is 22.0. The fraction of sp³-hybridized carbons (Fsp3) is 0.316. The van der Waals surface area contributed by atoms with Crippen LogP contribution in [0.25, 0.3) is 0 Å². The summed E-state index contributed by atoms with van der Waals surface area (Å²) in [6, 6.07) is 30.3. The van der Waals surface area contributed by atoms with Gasteiger partial charge >= 0.3 is 0 Å². The Morgan fingerprint density at radius 1 is 0.804 bits per heavy atom. The van der Waals surface area contributed by atoms with Gasteiger partial charge in [0.05, 0.1) is 10.6 Å². The van der Waals surface area contributed by atoms with Crippen LogP contribution >= 0.6 is 0 Å². The van der Waals surface area contributed by atoms with Gasteiger partial charge in [-0.1, -0.05) is 105 Å². The van der Waals surface area contributed by atoms with Crippen LogP contribution in [0.3, 0.4) is 0 Å². The number of rotatable bonds is 14. The number of hydrogen-bond donors (Lipinski definition) is 1. The molecule has 7 nitrogen and oxygen atoms in total. The molecule has 0 heterocycles. The van der Waals surface area contributed by atoms with Gasteiger partial charge in [0, 0.05) is 19.5 Å². The van der Waals surface area contributed by atoms with E-state index in [1.807, 2.05) is 87.5 Å². The summed E-state index contributed by atoms with van der Waals surface area (Å²) in [6.45, 7) is 10.1. The van der Waals surface area contributed by atoms with Crippen LogP contribution in [0.5, 0.6) is 0 Å². The second-order valence-electron chi connectivity index (χ2n) is 12.0. The van der Waals surface area contributed by atoms with Crippen LogP contribution in [-0.2, 0) is 32.6 Å². The van der Waals surface area contributed by atoms with E-state index in [0.717, 1.165) is 34.2 Å². The lowest BCUT2D eigenvalue weighted by Gasteiger charge is -2.34. The Bertz CT molecular complexity index is 1700. The van der Waals surface area contributed by atoms with Gasteiger partial charge < -0.3 is 10.2 Å². The van der Waals surface area contributed by atoms with Crippen LogP contribution in [0.15, 0.2) is 108 Å². The maximum Gasteiger partial charge on any atom is 0.264 e. The van der Waals surface area contributed by atoms with E-state index in [9.17, 15) is 18.0 Å². The zero-order valence-electron chi connectivity index (χ0n) is 27.4. The normalized spacial score (nSPS) is 12.0. The summed E-state index contributed by atoms with van der Waals surface area (Å²) >= 11 is 0. The smallest absolute Gasteiger partial charge is 0.264 e. The molecule has 0 aliphatic carbocycles. The molecular weight excluding hydrogens is 595 g/mol. The van der Waals surface area contributed by atoms with Gasteiger partial charge in [-0.3, -0.25) is 13.9 Å². The number of aryl methyl sites for hydroxylation is 2. The van der Waals surface area contributed by atoms with Crippen LogP contribution in [0, 0.1) is 13.8 Å². The number of hydrogen-bond acceptors (Lipinski definition) is 4. The first kappa shape index (κ1) is 34.4. The average Bonchev–Trinajstić information content (AvgIpc) is 3.05. The Kier molecular flexibility index (Phi) is 11.8. The first-order valence-electron chi connectivity index (χ1n) is 15.9. The number of anilines is 1. The van der Waals surface area contributed by atoms with Crippen LogP contribution in [0.1, 0.15) is 60.9 Å². The molecule has 0 bridgehead atoms. The van der Waals surface area contributed by atoms with E-state index >= 15 is 0 Å². The summed E-state index contributed by atoms with van der Waals surface area (Å²) in [5.74, 6) is -0.496. The minimum Gasteiger partial charge on any atom is -0.354 e. The van der Waals surface area contributed by atoms with Gasteiger partial charge in [-0.2, -0.15) is 0 Å². The summed E-state index contributed by atoms with van der Waals surface area (Å²) in [5, 5.41) is 2.99. The fourth-order valence-corrected chi connectivity index (χ4v) is 6.70. The third-order valence-corrected chi connectivity index (χ3v) is 9.95. The van der Waals surface area contributed by atoms with Crippen molar-refractivity contribution in [3.05, 3.63) is 131 Å². The largest absolute Gasteiger partial charge is 0.354 e. The Balaban J connectivity index is 1.81. The van der Waals surface area contributed by atoms with Crippen molar-refractivity contribution in [2.75, 3.05) is 17.4 Å². The molecule has 0 aliphatic heterocycles. The highest BCUT2D eigenvalue weighted by atomic mass is 32.2. The molecule has 2 amide bonds. The molecule has 0 saturated heterocycles. The second kappa shape index (κ2) is 15.7. The number of amides is 2. The standard InChI is InChI=1S/C38H45N3O4S/c1-6-24-39-38(43)36(25-31-13-8-7-9-14-31)40(26-33-15-11-10-12-30(33)5)37(42)27-41(34-20-18-32(19-21-34)28(2)3)46(44,45)35-22-16-29(4)17-23-35/h7-23,28,36H,6,24-27H2,1-5H3,(H,39,43)/t36-/m1/s1. The molecular formula is C38H45N3O4S. The van der Waals surface area contributed by atoms with E-state index < -0.39 is 28.5 Å². The van der Waals surface area contributed by atoms with E-state index in [4.69, 9.17) is 0 Å².